The van der Waals surface area contributed by atoms with Gasteiger partial charge in [0.05, 0.1) is 5.69 Å². The molecule has 1 saturated heterocycles. The zero-order chi connectivity index (χ0) is 20.3. The van der Waals surface area contributed by atoms with Crippen LogP contribution in [0.3, 0.4) is 0 Å². The van der Waals surface area contributed by atoms with Crippen LogP contribution in [0.2, 0.25) is 0 Å². The molecule has 1 fully saturated rings. The number of rotatable bonds is 7. The molecule has 1 aliphatic rings. The maximum atomic E-state index is 13.0. The number of para-hydroxylation sites is 1. The van der Waals surface area contributed by atoms with Crippen LogP contribution < -0.4 is 9.80 Å². The Balaban J connectivity index is 1.89. The summed E-state index contributed by atoms with van der Waals surface area (Å²) in [5.41, 5.74) is 0.643. The summed E-state index contributed by atoms with van der Waals surface area (Å²) in [5, 5.41) is 18.5. The highest BCUT2D eigenvalue weighted by Crippen LogP contribution is 2.35. The molecule has 1 unspecified atom stereocenters. The van der Waals surface area contributed by atoms with Crippen LogP contribution >= 0.6 is 23.1 Å². The number of urea groups is 1. The predicted molar refractivity (Wildman–Crippen MR) is 106 cm³/mol. The predicted octanol–water partition coefficient (Wildman–Crippen LogP) is 2.95. The van der Waals surface area contributed by atoms with Crippen molar-refractivity contribution in [2.45, 2.75) is 29.5 Å². The van der Waals surface area contributed by atoms with Gasteiger partial charge in [0.1, 0.15) is 0 Å². The fourth-order valence-corrected chi connectivity index (χ4v) is 4.86. The summed E-state index contributed by atoms with van der Waals surface area (Å²) < 4.78 is 0.780. The van der Waals surface area contributed by atoms with Crippen molar-refractivity contribution in [3.05, 3.63) is 29.8 Å². The second kappa shape index (κ2) is 8.51. The normalized spacial score (nSPS) is 15.0. The zero-order valence-corrected chi connectivity index (χ0v) is 16.7. The molecule has 0 spiro atoms. The van der Waals surface area contributed by atoms with Gasteiger partial charge in [-0.25, -0.2) is 14.4 Å². The molecular weight excluding hydrogens is 402 g/mol. The van der Waals surface area contributed by atoms with Gasteiger partial charge in [0.2, 0.25) is 11.2 Å². The van der Waals surface area contributed by atoms with Crippen molar-refractivity contribution in [2.75, 3.05) is 22.9 Å². The number of aliphatic carboxylic acids is 1. The van der Waals surface area contributed by atoms with E-state index < -0.39 is 12.0 Å². The summed E-state index contributed by atoms with van der Waals surface area (Å²) in [4.78, 5) is 41.5. The molecule has 0 saturated carbocycles. The molecule has 2 amide bonds. The molecule has 0 aliphatic carbocycles. The molecule has 1 atom stereocenters. The van der Waals surface area contributed by atoms with Crippen LogP contribution in [0, 0.1) is 0 Å². The Morgan fingerprint density at radius 1 is 1.29 bits per heavy atom. The highest BCUT2D eigenvalue weighted by molar-refractivity contribution is 8.01. The van der Waals surface area contributed by atoms with Crippen molar-refractivity contribution in [1.29, 1.82) is 0 Å². The smallest absolute Gasteiger partial charge is 0.334 e. The minimum Gasteiger partial charge on any atom is -0.479 e. The first kappa shape index (κ1) is 20.0. The lowest BCUT2D eigenvalue weighted by Gasteiger charge is -2.21. The van der Waals surface area contributed by atoms with E-state index in [1.807, 2.05) is 13.8 Å². The van der Waals surface area contributed by atoms with E-state index in [2.05, 4.69) is 15.2 Å². The van der Waals surface area contributed by atoms with E-state index in [9.17, 15) is 19.5 Å². The minimum absolute atomic E-state index is 0.252. The van der Waals surface area contributed by atoms with Gasteiger partial charge in [0.25, 0.3) is 0 Å². The molecule has 1 aromatic carbocycles. The number of aromatic nitrogens is 2. The molecule has 0 bridgehead atoms. The first-order valence-corrected chi connectivity index (χ1v) is 10.1. The topological polar surface area (TPSA) is 116 Å². The summed E-state index contributed by atoms with van der Waals surface area (Å²) in [6, 6.07) is 4.74. The maximum absolute atomic E-state index is 13.0. The van der Waals surface area contributed by atoms with Gasteiger partial charge in [0, 0.05) is 23.9 Å². The molecule has 1 aromatic heterocycles. The molecule has 2 aromatic rings. The van der Waals surface area contributed by atoms with Crippen molar-refractivity contribution in [1.82, 2.24) is 10.2 Å². The highest BCUT2D eigenvalue weighted by Gasteiger charge is 2.35. The van der Waals surface area contributed by atoms with Crippen LogP contribution in [0.5, 0.6) is 0 Å². The van der Waals surface area contributed by atoms with E-state index >= 15 is 0 Å². The van der Waals surface area contributed by atoms with E-state index in [4.69, 9.17) is 0 Å². The quantitative estimate of drug-likeness (QED) is 0.317. The molecule has 9 nitrogen and oxygen atoms in total. The zero-order valence-electron chi connectivity index (χ0n) is 15.1. The van der Waals surface area contributed by atoms with Gasteiger partial charge in [-0.05, 0) is 6.07 Å². The number of carboxylic acid groups (broad SMARTS) is 1. The van der Waals surface area contributed by atoms with E-state index in [1.54, 1.807) is 30.0 Å². The number of carbonyl (C=O) groups is 2. The third-order valence-corrected chi connectivity index (χ3v) is 5.94. The third-order valence-electron chi connectivity index (χ3n) is 3.91. The summed E-state index contributed by atoms with van der Waals surface area (Å²) >= 11 is 2.91. The minimum atomic E-state index is -1.42. The second-order valence-corrected chi connectivity index (χ2v) is 8.90. The maximum Gasteiger partial charge on any atom is 0.334 e. The largest absolute Gasteiger partial charge is 0.479 e. The number of hydrogen-bond acceptors (Lipinski definition) is 8. The van der Waals surface area contributed by atoms with Crippen molar-refractivity contribution < 1.29 is 19.5 Å². The lowest BCUT2D eigenvalue weighted by Crippen LogP contribution is -2.32. The van der Waals surface area contributed by atoms with E-state index in [-0.39, 0.29) is 11.6 Å². The van der Waals surface area contributed by atoms with E-state index in [0.717, 1.165) is 4.34 Å². The molecule has 11 heteroatoms. The molecule has 28 heavy (non-hydrogen) atoms. The summed E-state index contributed by atoms with van der Waals surface area (Å²) in [6.45, 7) is 4.83. The number of nitrogens with zero attached hydrogens (tertiary/aromatic N) is 5. The number of hydrogen-bond donors (Lipinski definition) is 1. The molecule has 1 aliphatic heterocycles. The van der Waals surface area contributed by atoms with Gasteiger partial charge >= 0.3 is 12.0 Å². The number of aliphatic imine (C=N–C) groups is 1. The van der Waals surface area contributed by atoms with Crippen LogP contribution in [0.15, 0.2) is 33.6 Å². The summed E-state index contributed by atoms with van der Waals surface area (Å²) in [6.07, 6.45) is 1.29. The molecule has 2 heterocycles. The van der Waals surface area contributed by atoms with Crippen molar-refractivity contribution >= 4 is 52.0 Å². The van der Waals surface area contributed by atoms with Crippen molar-refractivity contribution in [2.24, 2.45) is 4.99 Å². The fourth-order valence-electron chi connectivity index (χ4n) is 2.77. The highest BCUT2D eigenvalue weighted by atomic mass is 32.2. The first-order chi connectivity index (χ1) is 13.4. The van der Waals surface area contributed by atoms with E-state index in [0.29, 0.717) is 29.2 Å². The van der Waals surface area contributed by atoms with Gasteiger partial charge < -0.3 is 5.11 Å². The van der Waals surface area contributed by atoms with Crippen molar-refractivity contribution in [3.8, 4) is 0 Å². The van der Waals surface area contributed by atoms with Gasteiger partial charge in [-0.15, -0.1) is 10.2 Å². The molecule has 1 N–H and O–H groups in total. The van der Waals surface area contributed by atoms with Crippen LogP contribution in [0.25, 0.3) is 0 Å². The average molecular weight is 419 g/mol. The number of benzene rings is 1. The fraction of sp³-hybridized carbons (Fsp3) is 0.353. The first-order valence-electron chi connectivity index (χ1n) is 8.40. The Morgan fingerprint density at radius 2 is 2.00 bits per heavy atom. The van der Waals surface area contributed by atoms with E-state index in [1.165, 1.54) is 33.3 Å². The standard InChI is InChI=1S/C17H17N5O4S2/c1-10(2)27-16-20-19-15(28-16)22-8-7-21(17(22)26)12-6-4-3-5-11(12)13(14(24)25)18-9-23/h3-6,10,13H,7-8H2,1-2H3,(H,24,25). The Labute approximate surface area is 169 Å². The van der Waals surface area contributed by atoms with Crippen molar-refractivity contribution in [3.63, 3.8) is 0 Å². The number of amides is 2. The lowest BCUT2D eigenvalue weighted by molar-refractivity contribution is -0.138. The Bertz CT molecular complexity index is 939. The molecule has 3 rings (SSSR count). The Morgan fingerprint density at radius 3 is 2.68 bits per heavy atom. The second-order valence-electron chi connectivity index (χ2n) is 6.12. The number of anilines is 2. The number of isocyanates is 1. The van der Waals surface area contributed by atoms with Gasteiger partial charge in [0.15, 0.2) is 10.4 Å². The van der Waals surface area contributed by atoms with Gasteiger partial charge in [-0.2, -0.15) is 4.99 Å². The van der Waals surface area contributed by atoms with Crippen LogP contribution in [-0.4, -0.2) is 51.7 Å². The van der Waals surface area contributed by atoms with Crippen LogP contribution in [-0.2, 0) is 9.59 Å². The summed E-state index contributed by atoms with van der Waals surface area (Å²) in [5.74, 6) is -1.29. The van der Waals surface area contributed by atoms with Gasteiger partial charge in [-0.3, -0.25) is 9.80 Å². The monoisotopic (exact) mass is 419 g/mol. The Kier molecular flexibility index (Phi) is 6.08. The lowest BCUT2D eigenvalue weighted by atomic mass is 10.0. The number of thioether (sulfide) groups is 1. The molecule has 146 valence electrons. The molecule has 0 radical (unpaired) electrons. The van der Waals surface area contributed by atoms with Gasteiger partial charge in [-0.1, -0.05) is 55.1 Å². The average Bonchev–Trinajstić information content (AvgIpc) is 3.25. The SMILES string of the molecule is CC(C)Sc1nnc(N2CCN(c3ccccc3C(N=C=O)C(=O)O)C2=O)s1. The summed E-state index contributed by atoms with van der Waals surface area (Å²) in [7, 11) is 0. The molecular formula is C17H17N5O4S2. The number of carbonyl (C=O) groups excluding carboxylic acids is 2. The van der Waals surface area contributed by atoms with Crippen LogP contribution in [0.1, 0.15) is 25.5 Å². The van der Waals surface area contributed by atoms with Crippen LogP contribution in [0.4, 0.5) is 15.6 Å². The Hall–Kier alpha value is -2.75. The third kappa shape index (κ3) is 4.06. The number of carboxylic acids is 1.